The van der Waals surface area contributed by atoms with Crippen LogP contribution in [0.1, 0.15) is 79.2 Å². The van der Waals surface area contributed by atoms with E-state index in [1.807, 2.05) is 12.1 Å². The highest BCUT2D eigenvalue weighted by atomic mass is 32.1. The number of thiophene rings is 1. The first-order valence-electron chi connectivity index (χ1n) is 12.8. The summed E-state index contributed by atoms with van der Waals surface area (Å²) >= 11 is 1.77. The Hall–Kier alpha value is -2.84. The number of rotatable bonds is 7. The van der Waals surface area contributed by atoms with Crippen molar-refractivity contribution in [3.63, 3.8) is 0 Å². The molecule has 3 aromatic heterocycles. The standard InChI is InChI=1S/C27H32N6OS/c1-19-10-11-24-20(15-19)16-21(25(34)28-24)17-32(18-23-9-6-14-35-23)27(12-4-5-13-27)26-29-30-31-33(26)22-7-2-3-8-22/h6,9-11,14-16,22H,2-5,7-8,12-13,17-18H2,1H3,(H,28,34). The van der Waals surface area contributed by atoms with Crippen molar-refractivity contribution < 1.29 is 0 Å². The van der Waals surface area contributed by atoms with Gasteiger partial charge in [0.1, 0.15) is 0 Å². The zero-order chi connectivity index (χ0) is 23.8. The largest absolute Gasteiger partial charge is 0.322 e. The van der Waals surface area contributed by atoms with Crippen LogP contribution < -0.4 is 5.56 Å². The Morgan fingerprint density at radius 3 is 2.71 bits per heavy atom. The highest BCUT2D eigenvalue weighted by Crippen LogP contribution is 2.46. The number of H-pyrrole nitrogens is 1. The molecule has 2 aliphatic rings. The molecule has 0 saturated heterocycles. The Morgan fingerprint density at radius 1 is 1.11 bits per heavy atom. The fraction of sp³-hybridized carbons (Fsp3) is 0.481. The molecule has 6 rings (SSSR count). The Bertz CT molecular complexity index is 1360. The van der Waals surface area contributed by atoms with E-state index in [0.717, 1.165) is 67.4 Å². The number of benzene rings is 1. The van der Waals surface area contributed by atoms with Gasteiger partial charge in [0.25, 0.3) is 5.56 Å². The van der Waals surface area contributed by atoms with Crippen molar-refractivity contribution >= 4 is 22.2 Å². The molecule has 0 unspecified atom stereocenters. The van der Waals surface area contributed by atoms with Gasteiger partial charge in [0.05, 0.1) is 11.6 Å². The topological polar surface area (TPSA) is 79.7 Å². The van der Waals surface area contributed by atoms with Crippen LogP contribution >= 0.6 is 11.3 Å². The molecule has 3 heterocycles. The fourth-order valence-corrected chi connectivity index (χ4v) is 6.90. The Labute approximate surface area is 209 Å². The van der Waals surface area contributed by atoms with Gasteiger partial charge in [-0.3, -0.25) is 9.69 Å². The van der Waals surface area contributed by atoms with Crippen LogP contribution in [0.4, 0.5) is 0 Å². The summed E-state index contributed by atoms with van der Waals surface area (Å²) in [4.78, 5) is 20.1. The van der Waals surface area contributed by atoms with Gasteiger partial charge in [-0.1, -0.05) is 43.4 Å². The van der Waals surface area contributed by atoms with Crippen molar-refractivity contribution in [1.29, 1.82) is 0 Å². The summed E-state index contributed by atoms with van der Waals surface area (Å²) in [5.74, 6) is 0.992. The average molecular weight is 489 g/mol. The summed E-state index contributed by atoms with van der Waals surface area (Å²) < 4.78 is 2.13. The van der Waals surface area contributed by atoms with Gasteiger partial charge in [0.2, 0.25) is 0 Å². The molecular weight excluding hydrogens is 456 g/mol. The number of aromatic nitrogens is 5. The molecule has 1 N–H and O–H groups in total. The van der Waals surface area contributed by atoms with Gasteiger partial charge in [-0.15, -0.1) is 16.4 Å². The fourth-order valence-electron chi connectivity index (χ4n) is 6.18. The maximum atomic E-state index is 13.2. The van der Waals surface area contributed by atoms with E-state index in [-0.39, 0.29) is 11.1 Å². The smallest absolute Gasteiger partial charge is 0.252 e. The monoisotopic (exact) mass is 488 g/mol. The molecule has 7 nitrogen and oxygen atoms in total. The second kappa shape index (κ2) is 9.32. The van der Waals surface area contributed by atoms with E-state index in [9.17, 15) is 4.79 Å². The van der Waals surface area contributed by atoms with Crippen LogP contribution in [0.3, 0.4) is 0 Å². The molecule has 0 radical (unpaired) electrons. The Kier molecular flexibility index (Phi) is 6.02. The lowest BCUT2D eigenvalue weighted by atomic mass is 9.92. The van der Waals surface area contributed by atoms with E-state index >= 15 is 0 Å². The van der Waals surface area contributed by atoms with E-state index in [2.05, 4.69) is 66.7 Å². The minimum atomic E-state index is -0.274. The summed E-state index contributed by atoms with van der Waals surface area (Å²) in [7, 11) is 0. The summed E-state index contributed by atoms with van der Waals surface area (Å²) in [6.07, 6.45) is 9.07. The normalized spacial score (nSPS) is 18.2. The molecule has 0 aliphatic heterocycles. The molecule has 0 spiro atoms. The van der Waals surface area contributed by atoms with Gasteiger partial charge in [-0.05, 0) is 78.1 Å². The van der Waals surface area contributed by atoms with Crippen LogP contribution in [-0.2, 0) is 18.6 Å². The van der Waals surface area contributed by atoms with Crippen LogP contribution in [-0.4, -0.2) is 30.1 Å². The first kappa shape index (κ1) is 22.6. The molecule has 2 fully saturated rings. The van der Waals surface area contributed by atoms with Crippen molar-refractivity contribution in [3.05, 3.63) is 74.0 Å². The summed E-state index contributed by atoms with van der Waals surface area (Å²) in [5.41, 5.74) is 2.58. The predicted molar refractivity (Wildman–Crippen MR) is 138 cm³/mol. The molecule has 0 bridgehead atoms. The summed E-state index contributed by atoms with van der Waals surface area (Å²) in [6.45, 7) is 3.43. The van der Waals surface area contributed by atoms with E-state index in [0.29, 0.717) is 12.6 Å². The van der Waals surface area contributed by atoms with E-state index < -0.39 is 0 Å². The number of nitrogens with one attached hydrogen (secondary N) is 1. The first-order chi connectivity index (χ1) is 17.1. The number of aromatic amines is 1. The lowest BCUT2D eigenvalue weighted by Gasteiger charge is -2.40. The van der Waals surface area contributed by atoms with E-state index in [1.165, 1.54) is 23.3 Å². The van der Waals surface area contributed by atoms with Gasteiger partial charge in [0, 0.05) is 29.0 Å². The molecule has 0 amide bonds. The zero-order valence-electron chi connectivity index (χ0n) is 20.2. The second-order valence-corrected chi connectivity index (χ2v) is 11.3. The molecular formula is C27H32N6OS. The minimum Gasteiger partial charge on any atom is -0.322 e. The molecule has 4 aromatic rings. The molecule has 0 atom stereocenters. The third kappa shape index (κ3) is 4.23. The van der Waals surface area contributed by atoms with Crippen LogP contribution in [0, 0.1) is 6.92 Å². The molecule has 2 aliphatic carbocycles. The van der Waals surface area contributed by atoms with Crippen molar-refractivity contribution in [1.82, 2.24) is 30.1 Å². The molecule has 2 saturated carbocycles. The van der Waals surface area contributed by atoms with Gasteiger partial charge >= 0.3 is 0 Å². The van der Waals surface area contributed by atoms with Crippen molar-refractivity contribution in [3.8, 4) is 0 Å². The number of nitrogens with zero attached hydrogens (tertiary/aromatic N) is 5. The maximum absolute atomic E-state index is 13.2. The number of hydrogen-bond donors (Lipinski definition) is 1. The number of fused-ring (bicyclic) bond motifs is 1. The number of pyridine rings is 1. The van der Waals surface area contributed by atoms with Crippen LogP contribution in [0.25, 0.3) is 10.9 Å². The second-order valence-electron chi connectivity index (χ2n) is 10.3. The lowest BCUT2D eigenvalue weighted by Crippen LogP contribution is -2.46. The Morgan fingerprint density at radius 2 is 1.94 bits per heavy atom. The minimum absolute atomic E-state index is 0.0129. The highest BCUT2D eigenvalue weighted by molar-refractivity contribution is 7.09. The molecule has 35 heavy (non-hydrogen) atoms. The number of tetrazole rings is 1. The zero-order valence-corrected chi connectivity index (χ0v) is 21.1. The number of hydrogen-bond acceptors (Lipinski definition) is 6. The van der Waals surface area contributed by atoms with E-state index in [1.54, 1.807) is 11.3 Å². The van der Waals surface area contributed by atoms with E-state index in [4.69, 9.17) is 0 Å². The van der Waals surface area contributed by atoms with Crippen LogP contribution in [0.15, 0.2) is 46.6 Å². The van der Waals surface area contributed by atoms with Crippen molar-refractivity contribution in [2.45, 2.75) is 83.0 Å². The summed E-state index contributed by atoms with van der Waals surface area (Å²) in [5, 5.41) is 16.6. The molecule has 182 valence electrons. The molecule has 1 aromatic carbocycles. The lowest BCUT2D eigenvalue weighted by molar-refractivity contribution is 0.0585. The third-order valence-electron chi connectivity index (χ3n) is 7.98. The Balaban J connectivity index is 1.44. The third-order valence-corrected chi connectivity index (χ3v) is 8.84. The predicted octanol–water partition coefficient (Wildman–Crippen LogP) is 5.47. The molecule has 8 heteroatoms. The SMILES string of the molecule is Cc1ccc2[nH]c(=O)c(CN(Cc3cccs3)C3(c4nnnn4C4CCCC4)CCCC3)cc2c1. The van der Waals surface area contributed by atoms with Crippen molar-refractivity contribution in [2.75, 3.05) is 0 Å². The maximum Gasteiger partial charge on any atom is 0.252 e. The summed E-state index contributed by atoms with van der Waals surface area (Å²) in [6, 6.07) is 12.9. The first-order valence-corrected chi connectivity index (χ1v) is 13.7. The van der Waals surface area contributed by atoms with Gasteiger partial charge in [-0.2, -0.15) is 0 Å². The number of aryl methyl sites for hydroxylation is 1. The van der Waals surface area contributed by atoms with Crippen LogP contribution in [0.5, 0.6) is 0 Å². The average Bonchev–Trinajstić information content (AvgIpc) is 3.66. The quantitative estimate of drug-likeness (QED) is 0.373. The van der Waals surface area contributed by atoms with Crippen molar-refractivity contribution in [2.24, 2.45) is 0 Å². The van der Waals surface area contributed by atoms with Gasteiger partial charge in [-0.25, -0.2) is 4.68 Å². The van der Waals surface area contributed by atoms with Gasteiger partial charge < -0.3 is 4.98 Å². The highest BCUT2D eigenvalue weighted by Gasteiger charge is 2.46. The van der Waals surface area contributed by atoms with Crippen LogP contribution in [0.2, 0.25) is 0 Å². The van der Waals surface area contributed by atoms with Gasteiger partial charge in [0.15, 0.2) is 5.82 Å².